The number of carbonyl (C=O) groups excluding carboxylic acids is 1. The summed E-state index contributed by atoms with van der Waals surface area (Å²) < 4.78 is 0. The van der Waals surface area contributed by atoms with Crippen LogP contribution in [0.2, 0.25) is 0 Å². The van der Waals surface area contributed by atoms with E-state index in [4.69, 9.17) is 0 Å². The lowest BCUT2D eigenvalue weighted by Crippen LogP contribution is -2.46. The number of hydrogen-bond acceptors (Lipinski definition) is 3. The number of phenolic OH excluding ortho intramolecular Hbond substituents is 1. The van der Waals surface area contributed by atoms with Gasteiger partial charge in [0.1, 0.15) is 5.75 Å². The van der Waals surface area contributed by atoms with Crippen molar-refractivity contribution in [2.45, 2.75) is 0 Å². The molecule has 0 saturated carbocycles. The zero-order chi connectivity index (χ0) is 16.5. The lowest BCUT2D eigenvalue weighted by molar-refractivity contribution is 0.0738. The molecule has 0 spiro atoms. The standard InChI is InChI=1S/C19H19N3O2/c23-14-6-4-13(5-7-14)15-2-1-3-17-18(15)16(12-21-17)19(24)22-10-8-20-9-11-22/h1-7,12,20-21,23H,8-11H2. The Hall–Kier alpha value is -2.79. The van der Waals surface area contributed by atoms with Crippen LogP contribution in [-0.4, -0.2) is 47.1 Å². The maximum Gasteiger partial charge on any atom is 0.256 e. The van der Waals surface area contributed by atoms with Crippen LogP contribution in [-0.2, 0) is 0 Å². The molecule has 0 unspecified atom stereocenters. The monoisotopic (exact) mass is 321 g/mol. The van der Waals surface area contributed by atoms with Gasteiger partial charge in [-0.3, -0.25) is 4.79 Å². The molecule has 0 bridgehead atoms. The number of fused-ring (bicyclic) bond motifs is 1. The van der Waals surface area contributed by atoms with Crippen molar-refractivity contribution >= 4 is 16.8 Å². The second-order valence-electron chi connectivity index (χ2n) is 6.02. The van der Waals surface area contributed by atoms with Crippen LogP contribution < -0.4 is 5.32 Å². The first-order valence-electron chi connectivity index (χ1n) is 8.13. The van der Waals surface area contributed by atoms with Gasteiger partial charge in [0.05, 0.1) is 5.56 Å². The third-order valence-corrected chi connectivity index (χ3v) is 4.52. The number of nitrogens with one attached hydrogen (secondary N) is 2. The molecule has 3 N–H and O–H groups in total. The summed E-state index contributed by atoms with van der Waals surface area (Å²) in [4.78, 5) is 18.1. The number of benzene rings is 2. The molecule has 0 aliphatic carbocycles. The van der Waals surface area contributed by atoms with Crippen LogP contribution >= 0.6 is 0 Å². The molecule has 1 aromatic heterocycles. The molecule has 5 nitrogen and oxygen atoms in total. The molecule has 0 radical (unpaired) electrons. The molecule has 122 valence electrons. The van der Waals surface area contributed by atoms with Crippen molar-refractivity contribution < 1.29 is 9.90 Å². The summed E-state index contributed by atoms with van der Waals surface area (Å²) in [5.41, 5.74) is 3.62. The Bertz CT molecular complexity index is 877. The average molecular weight is 321 g/mol. The fourth-order valence-corrected chi connectivity index (χ4v) is 3.27. The number of rotatable bonds is 2. The predicted molar refractivity (Wildman–Crippen MR) is 94.2 cm³/mol. The minimum Gasteiger partial charge on any atom is -0.508 e. The molecule has 24 heavy (non-hydrogen) atoms. The largest absolute Gasteiger partial charge is 0.508 e. The Kier molecular flexibility index (Phi) is 3.70. The van der Waals surface area contributed by atoms with Crippen molar-refractivity contribution in [1.82, 2.24) is 15.2 Å². The fraction of sp³-hybridized carbons (Fsp3) is 0.211. The van der Waals surface area contributed by atoms with Crippen molar-refractivity contribution in [3.63, 3.8) is 0 Å². The first-order valence-corrected chi connectivity index (χ1v) is 8.13. The van der Waals surface area contributed by atoms with Gasteiger partial charge >= 0.3 is 0 Å². The number of aromatic nitrogens is 1. The van der Waals surface area contributed by atoms with E-state index in [1.54, 1.807) is 18.3 Å². The molecule has 4 rings (SSSR count). The topological polar surface area (TPSA) is 68.4 Å². The van der Waals surface area contributed by atoms with Crippen molar-refractivity contribution in [3.05, 3.63) is 54.2 Å². The molecule has 2 heterocycles. The van der Waals surface area contributed by atoms with E-state index < -0.39 is 0 Å². The predicted octanol–water partition coefficient (Wildman–Crippen LogP) is 2.59. The van der Waals surface area contributed by atoms with Crippen LogP contribution in [0.3, 0.4) is 0 Å². The van der Waals surface area contributed by atoms with E-state index >= 15 is 0 Å². The van der Waals surface area contributed by atoms with Gasteiger partial charge in [-0.25, -0.2) is 0 Å². The fourth-order valence-electron chi connectivity index (χ4n) is 3.27. The van der Waals surface area contributed by atoms with Gasteiger partial charge in [0.25, 0.3) is 5.91 Å². The van der Waals surface area contributed by atoms with E-state index in [1.165, 1.54) is 0 Å². The summed E-state index contributed by atoms with van der Waals surface area (Å²) in [6.45, 7) is 3.12. The van der Waals surface area contributed by atoms with Crippen molar-refractivity contribution in [1.29, 1.82) is 0 Å². The van der Waals surface area contributed by atoms with E-state index in [0.717, 1.165) is 48.2 Å². The summed E-state index contributed by atoms with van der Waals surface area (Å²) >= 11 is 0. The van der Waals surface area contributed by atoms with Gasteiger partial charge < -0.3 is 20.3 Å². The molecular weight excluding hydrogens is 302 g/mol. The van der Waals surface area contributed by atoms with Gasteiger partial charge in [-0.05, 0) is 29.3 Å². The molecule has 1 saturated heterocycles. The zero-order valence-corrected chi connectivity index (χ0v) is 13.2. The maximum atomic E-state index is 13.0. The Balaban J connectivity index is 1.82. The highest BCUT2D eigenvalue weighted by Gasteiger charge is 2.22. The molecule has 1 amide bonds. The zero-order valence-electron chi connectivity index (χ0n) is 13.2. The van der Waals surface area contributed by atoms with Crippen molar-refractivity contribution in [2.75, 3.05) is 26.2 Å². The second-order valence-corrected chi connectivity index (χ2v) is 6.02. The van der Waals surface area contributed by atoms with Gasteiger partial charge in [-0.15, -0.1) is 0 Å². The number of nitrogens with zero attached hydrogens (tertiary/aromatic N) is 1. The van der Waals surface area contributed by atoms with Gasteiger partial charge in [-0.2, -0.15) is 0 Å². The highest BCUT2D eigenvalue weighted by atomic mass is 16.3. The molecular formula is C19H19N3O2. The molecule has 2 aromatic carbocycles. The summed E-state index contributed by atoms with van der Waals surface area (Å²) in [6, 6.07) is 13.0. The highest BCUT2D eigenvalue weighted by Crippen LogP contribution is 2.32. The number of hydrogen-bond donors (Lipinski definition) is 3. The molecule has 1 aliphatic rings. The van der Waals surface area contributed by atoms with Crippen molar-refractivity contribution in [2.24, 2.45) is 0 Å². The van der Waals surface area contributed by atoms with Gasteiger partial charge in [0.2, 0.25) is 0 Å². The third kappa shape index (κ3) is 2.53. The Labute approximate surface area is 139 Å². The normalized spacial score (nSPS) is 14.9. The lowest BCUT2D eigenvalue weighted by Gasteiger charge is -2.27. The highest BCUT2D eigenvalue weighted by molar-refractivity contribution is 6.12. The lowest BCUT2D eigenvalue weighted by atomic mass is 9.98. The number of aromatic hydroxyl groups is 1. The number of amides is 1. The number of carbonyl (C=O) groups is 1. The number of piperazine rings is 1. The average Bonchev–Trinajstić information content (AvgIpc) is 3.07. The smallest absolute Gasteiger partial charge is 0.256 e. The summed E-state index contributed by atoms with van der Waals surface area (Å²) in [5, 5.41) is 13.7. The Morgan fingerprint density at radius 1 is 1.04 bits per heavy atom. The van der Waals surface area contributed by atoms with Gasteiger partial charge in [0, 0.05) is 43.3 Å². The van der Waals surface area contributed by atoms with E-state index in [9.17, 15) is 9.90 Å². The SMILES string of the molecule is O=C(c1c[nH]c2cccc(-c3ccc(O)cc3)c12)N1CCNCC1. The maximum absolute atomic E-state index is 13.0. The molecule has 1 aliphatic heterocycles. The molecule has 1 fully saturated rings. The number of H-pyrrole nitrogens is 1. The van der Waals surface area contributed by atoms with Crippen LogP contribution in [0.25, 0.3) is 22.0 Å². The molecule has 5 heteroatoms. The van der Waals surface area contributed by atoms with E-state index in [0.29, 0.717) is 5.56 Å². The quantitative estimate of drug-likeness (QED) is 0.679. The third-order valence-electron chi connectivity index (χ3n) is 4.52. The Morgan fingerprint density at radius 2 is 1.79 bits per heavy atom. The first kappa shape index (κ1) is 14.8. The Morgan fingerprint density at radius 3 is 2.54 bits per heavy atom. The minimum absolute atomic E-state index is 0.0639. The summed E-state index contributed by atoms with van der Waals surface area (Å²) in [5.74, 6) is 0.297. The van der Waals surface area contributed by atoms with Crippen LogP contribution in [0.4, 0.5) is 0 Å². The van der Waals surface area contributed by atoms with Crippen molar-refractivity contribution in [3.8, 4) is 16.9 Å². The second kappa shape index (κ2) is 6.02. The number of aromatic amines is 1. The van der Waals surface area contributed by atoms with E-state index in [-0.39, 0.29) is 11.7 Å². The van der Waals surface area contributed by atoms with Crippen LogP contribution in [0.1, 0.15) is 10.4 Å². The van der Waals surface area contributed by atoms with Gasteiger partial charge in [0.15, 0.2) is 0 Å². The number of phenols is 1. The van der Waals surface area contributed by atoms with Crippen LogP contribution in [0, 0.1) is 0 Å². The first-order chi connectivity index (χ1) is 11.7. The minimum atomic E-state index is 0.0639. The van der Waals surface area contributed by atoms with E-state index in [1.807, 2.05) is 35.2 Å². The van der Waals surface area contributed by atoms with Crippen LogP contribution in [0.5, 0.6) is 5.75 Å². The molecule has 3 aromatic rings. The van der Waals surface area contributed by atoms with E-state index in [2.05, 4.69) is 10.3 Å². The van der Waals surface area contributed by atoms with Gasteiger partial charge in [-0.1, -0.05) is 24.3 Å². The van der Waals surface area contributed by atoms with Crippen LogP contribution in [0.15, 0.2) is 48.7 Å². The molecule has 0 atom stereocenters. The summed E-state index contributed by atoms with van der Waals surface area (Å²) in [6.07, 6.45) is 1.80. The summed E-state index contributed by atoms with van der Waals surface area (Å²) in [7, 11) is 0.